The van der Waals surface area contributed by atoms with Gasteiger partial charge in [0.2, 0.25) is 17.7 Å². The van der Waals surface area contributed by atoms with Gasteiger partial charge in [0.25, 0.3) is 5.91 Å². The lowest BCUT2D eigenvalue weighted by molar-refractivity contribution is -0.134. The van der Waals surface area contributed by atoms with Crippen LogP contribution < -0.4 is 25.6 Å². The highest BCUT2D eigenvalue weighted by molar-refractivity contribution is 7.22. The average Bonchev–Trinajstić information content (AvgIpc) is 3.92. The summed E-state index contributed by atoms with van der Waals surface area (Å²) < 4.78 is 8.88. The number of carboxylic acid groups (broad SMARTS) is 1. The molecule has 3 aliphatic heterocycles. The molecular formula is C53H53N9O7S. The number of benzene rings is 4. The van der Waals surface area contributed by atoms with Crippen LogP contribution >= 0.6 is 11.3 Å². The quantitative estimate of drug-likeness (QED) is 0.0604. The number of nitrogens with zero attached hydrogens (tertiary/aromatic N) is 6. The molecule has 0 aliphatic carbocycles. The number of carbonyl (C=O) groups excluding carboxylic acids is 4. The number of carboxylic acids is 1. The van der Waals surface area contributed by atoms with E-state index in [-0.39, 0.29) is 35.7 Å². The molecule has 0 radical (unpaired) electrons. The van der Waals surface area contributed by atoms with Crippen LogP contribution in [0.5, 0.6) is 5.75 Å². The first-order chi connectivity index (χ1) is 33.9. The number of aromatic carboxylic acids is 1. The molecule has 6 heterocycles. The minimum absolute atomic E-state index is 0.0419. The van der Waals surface area contributed by atoms with Gasteiger partial charge < -0.3 is 20.1 Å². The Morgan fingerprint density at radius 1 is 0.886 bits per heavy atom. The summed E-state index contributed by atoms with van der Waals surface area (Å²) in [6, 6.07) is 28.5. The SMILES string of the molecule is Cc1cc(OCCCC2CCN(CC(=O)Nc3ccc4c(C5CCC(=O)NC5=O)nn(C)c4c3)CC2)ccc1-c1ccc(N2CCc3cccc(C(=O)Nc4nc5ccccc5s4)c3C2)nc1C(=O)O. The molecule has 10 rings (SSSR count). The summed E-state index contributed by atoms with van der Waals surface area (Å²) in [4.78, 5) is 77.1. The van der Waals surface area contributed by atoms with Crippen molar-refractivity contribution in [3.05, 3.63) is 125 Å². The van der Waals surface area contributed by atoms with E-state index in [0.717, 1.165) is 87.9 Å². The topological polar surface area (TPSA) is 201 Å². The van der Waals surface area contributed by atoms with E-state index < -0.39 is 11.9 Å². The van der Waals surface area contributed by atoms with Gasteiger partial charge in [-0.3, -0.25) is 39.4 Å². The highest BCUT2D eigenvalue weighted by Crippen LogP contribution is 2.35. The molecule has 3 aromatic heterocycles. The number of nitrogens with one attached hydrogen (secondary N) is 3. The molecule has 4 aromatic carbocycles. The van der Waals surface area contributed by atoms with Gasteiger partial charge in [0.05, 0.1) is 40.5 Å². The lowest BCUT2D eigenvalue weighted by atomic mass is 9.92. The zero-order valence-corrected chi connectivity index (χ0v) is 39.8. The zero-order chi connectivity index (χ0) is 48.5. The standard InChI is InChI=1S/C53H53N9O7S/c1-31-27-35(69-26-6-7-32-20-23-61(24-21-32)30-47(64)54-34-12-14-39-43(28-34)60(2)59-48(39)40-17-19-46(63)57-51(40)66)13-15-36(31)37-16-18-45(56-49(37)52(67)68)62-25-22-33-8-5-9-38(41(33)29-62)50(65)58-53-55-42-10-3-4-11-44(42)70-53/h3-5,8-16,18,27-28,32,40H,6-7,17,19-26,29-30H2,1-2H3,(H,54,64)(H,67,68)(H,55,58,65)(H,57,63,66). The molecule has 17 heteroatoms. The van der Waals surface area contributed by atoms with E-state index in [0.29, 0.717) is 78.5 Å². The maximum absolute atomic E-state index is 13.6. The van der Waals surface area contributed by atoms with Gasteiger partial charge in [0.15, 0.2) is 10.8 Å². The number of imide groups is 1. The molecule has 1 unspecified atom stereocenters. The van der Waals surface area contributed by atoms with Crippen LogP contribution in [-0.2, 0) is 34.4 Å². The molecule has 4 N–H and O–H groups in total. The Morgan fingerprint density at radius 2 is 1.71 bits per heavy atom. The number of hydrogen-bond acceptors (Lipinski definition) is 12. The second-order valence-corrected chi connectivity index (χ2v) is 19.4. The average molecular weight is 960 g/mol. The van der Waals surface area contributed by atoms with Crippen LogP contribution in [0.15, 0.2) is 91.0 Å². The van der Waals surface area contributed by atoms with Gasteiger partial charge in [-0.1, -0.05) is 41.7 Å². The van der Waals surface area contributed by atoms with Crippen molar-refractivity contribution in [1.82, 2.24) is 30.0 Å². The number of piperidine rings is 2. The second kappa shape index (κ2) is 19.8. The predicted molar refractivity (Wildman–Crippen MR) is 268 cm³/mol. The first kappa shape index (κ1) is 46.2. The molecule has 3 aliphatic rings. The van der Waals surface area contributed by atoms with Crippen molar-refractivity contribution in [2.24, 2.45) is 13.0 Å². The van der Waals surface area contributed by atoms with Crippen LogP contribution in [0.3, 0.4) is 0 Å². The van der Waals surface area contributed by atoms with E-state index in [2.05, 4.69) is 35.9 Å². The van der Waals surface area contributed by atoms with E-state index in [9.17, 15) is 29.1 Å². The Bertz CT molecular complexity index is 3160. The predicted octanol–water partition coefficient (Wildman–Crippen LogP) is 8.10. The Morgan fingerprint density at radius 3 is 2.51 bits per heavy atom. The number of hydrogen-bond donors (Lipinski definition) is 4. The van der Waals surface area contributed by atoms with Gasteiger partial charge in [-0.05, 0) is 147 Å². The molecule has 358 valence electrons. The molecule has 2 saturated heterocycles. The summed E-state index contributed by atoms with van der Waals surface area (Å²) in [5.74, 6) is -0.741. The lowest BCUT2D eigenvalue weighted by Crippen LogP contribution is -2.39. The van der Waals surface area contributed by atoms with Gasteiger partial charge in [-0.25, -0.2) is 14.8 Å². The van der Waals surface area contributed by atoms with E-state index >= 15 is 0 Å². The smallest absolute Gasteiger partial charge is 0.355 e. The van der Waals surface area contributed by atoms with Crippen LogP contribution in [0.25, 0.3) is 32.2 Å². The highest BCUT2D eigenvalue weighted by Gasteiger charge is 2.32. The summed E-state index contributed by atoms with van der Waals surface area (Å²) in [6.07, 6.45) is 5.28. The van der Waals surface area contributed by atoms with E-state index in [1.165, 1.54) is 11.3 Å². The molecule has 0 spiro atoms. The number of anilines is 3. The fraction of sp³-hybridized carbons (Fsp3) is 0.321. The van der Waals surface area contributed by atoms with Crippen LogP contribution in [0.4, 0.5) is 16.6 Å². The number of thiazole rings is 1. The molecule has 1 atom stereocenters. The van der Waals surface area contributed by atoms with Crippen LogP contribution in [0.2, 0.25) is 0 Å². The van der Waals surface area contributed by atoms with Crippen LogP contribution in [0.1, 0.15) is 87.7 Å². The van der Waals surface area contributed by atoms with Crippen LogP contribution in [-0.4, -0.2) is 92.1 Å². The summed E-state index contributed by atoms with van der Waals surface area (Å²) in [5, 5.41) is 24.8. The minimum Gasteiger partial charge on any atom is -0.494 e. The summed E-state index contributed by atoms with van der Waals surface area (Å²) in [7, 11) is 1.81. The molecule has 70 heavy (non-hydrogen) atoms. The largest absolute Gasteiger partial charge is 0.494 e. The number of rotatable bonds is 14. The molecule has 0 saturated carbocycles. The number of carbonyl (C=O) groups is 5. The number of amides is 4. The van der Waals surface area contributed by atoms with Gasteiger partial charge in [0, 0.05) is 48.8 Å². The monoisotopic (exact) mass is 959 g/mol. The second-order valence-electron chi connectivity index (χ2n) is 18.4. The normalized spacial score (nSPS) is 16.5. The van der Waals surface area contributed by atoms with E-state index in [1.807, 2.05) is 103 Å². The molecule has 0 bridgehead atoms. The van der Waals surface area contributed by atoms with Crippen molar-refractivity contribution in [2.45, 2.75) is 64.3 Å². The summed E-state index contributed by atoms with van der Waals surface area (Å²) in [5.41, 5.74) is 7.55. The fourth-order valence-electron chi connectivity index (χ4n) is 10.1. The van der Waals surface area contributed by atoms with Crippen molar-refractivity contribution < 1.29 is 33.8 Å². The number of aromatic nitrogens is 4. The van der Waals surface area contributed by atoms with Gasteiger partial charge in [-0.15, -0.1) is 0 Å². The van der Waals surface area contributed by atoms with Gasteiger partial charge >= 0.3 is 5.97 Å². The number of para-hydroxylation sites is 1. The highest BCUT2D eigenvalue weighted by atomic mass is 32.1. The number of fused-ring (bicyclic) bond motifs is 3. The number of ether oxygens (including phenoxy) is 1. The molecule has 2 fully saturated rings. The minimum atomic E-state index is -1.12. The first-order valence-corrected chi connectivity index (χ1v) is 24.6. The van der Waals surface area contributed by atoms with Crippen molar-refractivity contribution in [1.29, 1.82) is 0 Å². The van der Waals surface area contributed by atoms with E-state index in [1.54, 1.807) is 11.7 Å². The van der Waals surface area contributed by atoms with Crippen molar-refractivity contribution in [2.75, 3.05) is 48.3 Å². The molecule has 7 aromatic rings. The third-order valence-corrected chi connectivity index (χ3v) is 14.7. The maximum Gasteiger partial charge on any atom is 0.355 e. The zero-order valence-electron chi connectivity index (χ0n) is 39.0. The van der Waals surface area contributed by atoms with Crippen molar-refractivity contribution in [3.63, 3.8) is 0 Å². The van der Waals surface area contributed by atoms with E-state index in [4.69, 9.17) is 4.74 Å². The van der Waals surface area contributed by atoms with Crippen molar-refractivity contribution in [3.8, 4) is 16.9 Å². The van der Waals surface area contributed by atoms with Crippen molar-refractivity contribution >= 4 is 78.7 Å². The number of pyridine rings is 1. The number of likely N-dealkylation sites (tertiary alicyclic amines) is 1. The fourth-order valence-corrected chi connectivity index (χ4v) is 10.9. The maximum atomic E-state index is 13.6. The summed E-state index contributed by atoms with van der Waals surface area (Å²) >= 11 is 1.43. The number of aryl methyl sites for hydroxylation is 2. The Balaban J connectivity index is 0.692. The van der Waals surface area contributed by atoms with Gasteiger partial charge in [-0.2, -0.15) is 5.10 Å². The van der Waals surface area contributed by atoms with Crippen LogP contribution in [0, 0.1) is 12.8 Å². The third-order valence-electron chi connectivity index (χ3n) is 13.8. The first-order valence-electron chi connectivity index (χ1n) is 23.8. The van der Waals surface area contributed by atoms with Gasteiger partial charge in [0.1, 0.15) is 11.6 Å². The molecular weight excluding hydrogens is 907 g/mol. The summed E-state index contributed by atoms with van der Waals surface area (Å²) in [6.45, 7) is 5.49. The lowest BCUT2D eigenvalue weighted by Gasteiger charge is -2.31. The Labute approximate surface area is 408 Å². The molecule has 16 nitrogen and oxygen atoms in total. The third kappa shape index (κ3) is 9.84. The Hall–Kier alpha value is -7.50. The Kier molecular flexibility index (Phi) is 13.1. The molecule has 4 amide bonds.